The van der Waals surface area contributed by atoms with Crippen molar-refractivity contribution < 1.29 is 17.9 Å². The molecule has 1 saturated heterocycles. The summed E-state index contributed by atoms with van der Waals surface area (Å²) in [7, 11) is -3.56. The normalized spacial score (nSPS) is 23.0. The van der Waals surface area contributed by atoms with Crippen LogP contribution in [-0.4, -0.2) is 51.6 Å². The van der Waals surface area contributed by atoms with Gasteiger partial charge in [0.05, 0.1) is 0 Å². The van der Waals surface area contributed by atoms with Crippen molar-refractivity contribution in [2.45, 2.75) is 17.9 Å². The Morgan fingerprint density at radius 1 is 1.29 bits per heavy atom. The second kappa shape index (κ2) is 5.75. The SMILES string of the molecule is C[C@@H]1CNCCN1S(=O)(=O)c1cc2c(cc1Br)OCCO2. The van der Waals surface area contributed by atoms with E-state index in [1.54, 1.807) is 12.1 Å². The van der Waals surface area contributed by atoms with Gasteiger partial charge in [-0.2, -0.15) is 4.31 Å². The molecule has 2 aliphatic heterocycles. The minimum atomic E-state index is -3.56. The molecule has 0 spiro atoms. The second-order valence-corrected chi connectivity index (χ2v) is 7.81. The molecule has 3 rings (SSSR count). The zero-order valence-corrected chi connectivity index (χ0v) is 14.0. The topological polar surface area (TPSA) is 67.9 Å². The van der Waals surface area contributed by atoms with Gasteiger partial charge in [0.1, 0.15) is 18.1 Å². The van der Waals surface area contributed by atoms with Gasteiger partial charge in [-0.1, -0.05) is 0 Å². The van der Waals surface area contributed by atoms with Crippen molar-refractivity contribution >= 4 is 26.0 Å². The van der Waals surface area contributed by atoms with E-state index in [0.29, 0.717) is 48.8 Å². The van der Waals surface area contributed by atoms with Crippen LogP contribution in [0.25, 0.3) is 0 Å². The third kappa shape index (κ3) is 2.77. The number of sulfonamides is 1. The Hall–Kier alpha value is -0.830. The molecule has 0 bridgehead atoms. The lowest BCUT2D eigenvalue weighted by Crippen LogP contribution is -2.52. The summed E-state index contributed by atoms with van der Waals surface area (Å²) in [6.07, 6.45) is 0. The van der Waals surface area contributed by atoms with Gasteiger partial charge in [0.2, 0.25) is 10.0 Å². The fourth-order valence-electron chi connectivity index (χ4n) is 2.55. The van der Waals surface area contributed by atoms with E-state index in [1.807, 2.05) is 6.92 Å². The molecular weight excluding hydrogens is 360 g/mol. The third-order valence-corrected chi connectivity index (χ3v) is 6.60. The van der Waals surface area contributed by atoms with Gasteiger partial charge in [0.15, 0.2) is 11.5 Å². The number of nitrogens with zero attached hydrogens (tertiary/aromatic N) is 1. The maximum Gasteiger partial charge on any atom is 0.244 e. The standard InChI is InChI=1S/C13H17BrN2O4S/c1-9-8-15-2-3-16(9)21(17,18)13-7-12-11(6-10(13)14)19-4-5-20-12/h6-7,9,15H,2-5,8H2,1H3/t9-/m1/s1. The van der Waals surface area contributed by atoms with Gasteiger partial charge in [0.25, 0.3) is 0 Å². The Morgan fingerprint density at radius 2 is 1.95 bits per heavy atom. The van der Waals surface area contributed by atoms with Crippen molar-refractivity contribution in [3.05, 3.63) is 16.6 Å². The van der Waals surface area contributed by atoms with Gasteiger partial charge in [0, 0.05) is 36.2 Å². The quantitative estimate of drug-likeness (QED) is 0.839. The first-order chi connectivity index (χ1) is 10.00. The molecule has 1 fully saturated rings. The number of fused-ring (bicyclic) bond motifs is 1. The van der Waals surface area contributed by atoms with Gasteiger partial charge in [-0.25, -0.2) is 8.42 Å². The molecule has 0 saturated carbocycles. The summed E-state index contributed by atoms with van der Waals surface area (Å²) >= 11 is 3.34. The molecule has 21 heavy (non-hydrogen) atoms. The highest BCUT2D eigenvalue weighted by atomic mass is 79.9. The molecule has 1 aromatic rings. The minimum Gasteiger partial charge on any atom is -0.486 e. The summed E-state index contributed by atoms with van der Waals surface area (Å²) in [5, 5.41) is 3.19. The number of rotatable bonds is 2. The summed E-state index contributed by atoms with van der Waals surface area (Å²) in [4.78, 5) is 0.223. The van der Waals surface area contributed by atoms with Gasteiger partial charge in [-0.3, -0.25) is 0 Å². The molecule has 1 aromatic carbocycles. The molecule has 116 valence electrons. The predicted molar refractivity (Wildman–Crippen MR) is 81.4 cm³/mol. The van der Waals surface area contributed by atoms with Crippen LogP contribution in [0.15, 0.2) is 21.5 Å². The fraction of sp³-hybridized carbons (Fsp3) is 0.538. The fourth-order valence-corrected chi connectivity index (χ4v) is 5.18. The summed E-state index contributed by atoms with van der Waals surface area (Å²) in [6, 6.07) is 3.13. The van der Waals surface area contributed by atoms with Crippen LogP contribution < -0.4 is 14.8 Å². The number of nitrogens with one attached hydrogen (secondary N) is 1. The number of hydrogen-bond donors (Lipinski definition) is 1. The van der Waals surface area contributed by atoms with E-state index < -0.39 is 10.0 Å². The molecule has 1 N–H and O–H groups in total. The number of halogens is 1. The molecule has 0 amide bonds. The lowest BCUT2D eigenvalue weighted by molar-refractivity contribution is 0.171. The minimum absolute atomic E-state index is 0.0798. The van der Waals surface area contributed by atoms with E-state index in [-0.39, 0.29) is 10.9 Å². The molecule has 1 atom stereocenters. The smallest absolute Gasteiger partial charge is 0.244 e. The molecule has 0 aliphatic carbocycles. The van der Waals surface area contributed by atoms with E-state index in [0.717, 1.165) is 0 Å². The Kier molecular flexibility index (Phi) is 4.13. The molecule has 2 aliphatic rings. The van der Waals surface area contributed by atoms with E-state index in [2.05, 4.69) is 21.2 Å². The number of benzene rings is 1. The second-order valence-electron chi connectivity index (χ2n) is 5.10. The highest BCUT2D eigenvalue weighted by molar-refractivity contribution is 9.10. The maximum absolute atomic E-state index is 12.9. The van der Waals surface area contributed by atoms with Crippen LogP contribution in [0.1, 0.15) is 6.92 Å². The first-order valence-corrected chi connectivity index (χ1v) is 9.05. The van der Waals surface area contributed by atoms with Gasteiger partial charge in [-0.15, -0.1) is 0 Å². The zero-order chi connectivity index (χ0) is 15.0. The van der Waals surface area contributed by atoms with Crippen molar-refractivity contribution in [2.75, 3.05) is 32.8 Å². The highest BCUT2D eigenvalue weighted by Gasteiger charge is 2.33. The summed E-state index contributed by atoms with van der Waals surface area (Å²) in [5.74, 6) is 1.05. The van der Waals surface area contributed by atoms with Crippen molar-refractivity contribution in [1.82, 2.24) is 9.62 Å². The van der Waals surface area contributed by atoms with Crippen molar-refractivity contribution in [3.8, 4) is 11.5 Å². The maximum atomic E-state index is 12.9. The van der Waals surface area contributed by atoms with Crippen molar-refractivity contribution in [2.24, 2.45) is 0 Å². The van der Waals surface area contributed by atoms with Crippen LogP contribution in [0.5, 0.6) is 11.5 Å². The van der Waals surface area contributed by atoms with Crippen LogP contribution in [0.3, 0.4) is 0 Å². The Balaban J connectivity index is 2.02. The third-order valence-electron chi connectivity index (χ3n) is 3.62. The lowest BCUT2D eigenvalue weighted by atomic mass is 10.3. The predicted octanol–water partition coefficient (Wildman–Crippen LogP) is 1.20. The summed E-state index contributed by atoms with van der Waals surface area (Å²) in [6.45, 7) is 4.58. The Labute approximate surface area is 132 Å². The van der Waals surface area contributed by atoms with Crippen molar-refractivity contribution in [1.29, 1.82) is 0 Å². The van der Waals surface area contributed by atoms with E-state index in [4.69, 9.17) is 9.47 Å². The zero-order valence-electron chi connectivity index (χ0n) is 11.6. The van der Waals surface area contributed by atoms with E-state index in [1.165, 1.54) is 4.31 Å². The molecule has 0 unspecified atom stereocenters. The first kappa shape index (κ1) is 15.1. The number of piperazine rings is 1. The Bertz CT molecular complexity index is 650. The summed E-state index contributed by atoms with van der Waals surface area (Å²) in [5.41, 5.74) is 0. The summed E-state index contributed by atoms with van der Waals surface area (Å²) < 4.78 is 38.7. The van der Waals surface area contributed by atoms with Crippen LogP contribution in [-0.2, 0) is 10.0 Å². The van der Waals surface area contributed by atoms with Crippen LogP contribution in [0.2, 0.25) is 0 Å². The monoisotopic (exact) mass is 376 g/mol. The Morgan fingerprint density at radius 3 is 2.62 bits per heavy atom. The average Bonchev–Trinajstić information content (AvgIpc) is 2.46. The first-order valence-electron chi connectivity index (χ1n) is 6.82. The molecule has 8 heteroatoms. The largest absolute Gasteiger partial charge is 0.486 e. The van der Waals surface area contributed by atoms with E-state index in [9.17, 15) is 8.42 Å². The molecule has 0 radical (unpaired) electrons. The number of hydrogen-bond acceptors (Lipinski definition) is 5. The van der Waals surface area contributed by atoms with Crippen molar-refractivity contribution in [3.63, 3.8) is 0 Å². The lowest BCUT2D eigenvalue weighted by Gasteiger charge is -2.33. The highest BCUT2D eigenvalue weighted by Crippen LogP contribution is 2.38. The average molecular weight is 377 g/mol. The van der Waals surface area contributed by atoms with Gasteiger partial charge < -0.3 is 14.8 Å². The molecule has 0 aromatic heterocycles. The van der Waals surface area contributed by atoms with Crippen LogP contribution in [0, 0.1) is 0 Å². The van der Waals surface area contributed by atoms with Crippen LogP contribution >= 0.6 is 15.9 Å². The van der Waals surface area contributed by atoms with Gasteiger partial charge >= 0.3 is 0 Å². The number of ether oxygens (including phenoxy) is 2. The molecular formula is C13H17BrN2O4S. The van der Waals surface area contributed by atoms with Gasteiger partial charge in [-0.05, 0) is 28.9 Å². The van der Waals surface area contributed by atoms with Crippen LogP contribution in [0.4, 0.5) is 0 Å². The van der Waals surface area contributed by atoms with E-state index >= 15 is 0 Å². The molecule has 2 heterocycles. The molecule has 6 nitrogen and oxygen atoms in total.